The first-order valence-electron chi connectivity index (χ1n) is 7.06. The van der Waals surface area contributed by atoms with Gasteiger partial charge in [0.1, 0.15) is 7.06 Å². The Balaban J connectivity index is 4.89. The molecule has 0 radical (unpaired) electrons. The molecule has 0 saturated carbocycles. The van der Waals surface area contributed by atoms with Gasteiger partial charge in [-0.2, -0.15) is 0 Å². The lowest BCUT2D eigenvalue weighted by atomic mass is 8.74. The Morgan fingerprint density at radius 2 is 0.708 bits per heavy atom. The van der Waals surface area contributed by atoms with Crippen LogP contribution >= 0.6 is 0 Å². The fourth-order valence-corrected chi connectivity index (χ4v) is 1.92. The summed E-state index contributed by atoms with van der Waals surface area (Å²) < 4.78 is 0. The van der Waals surface area contributed by atoms with Crippen LogP contribution in [0.2, 0.25) is 0 Å². The number of rotatable bonds is 11. The standard InChI is InChI=1S/B12H14O12/c13-2-1-3(14)4(15)5(16)6(17)7(18)8(19)9(20)10(21)11(22)12(23)24/h1-2,13-24H. The van der Waals surface area contributed by atoms with E-state index >= 15 is 0 Å². The molecule has 12 N–H and O–H groups in total. The highest BCUT2D eigenvalue weighted by atomic mass is 16.4. The highest BCUT2D eigenvalue weighted by Gasteiger charge is 2.57. The van der Waals surface area contributed by atoms with Crippen molar-refractivity contribution in [2.24, 2.45) is 0 Å². The molecule has 0 fully saturated rings. The summed E-state index contributed by atoms with van der Waals surface area (Å²) in [5.41, 5.74) is 0. The van der Waals surface area contributed by atoms with Gasteiger partial charge in [0.05, 0.1) is 0 Å². The molecule has 0 spiro atoms. The van der Waals surface area contributed by atoms with Crippen molar-refractivity contribution >= 4 is 81.7 Å². The zero-order chi connectivity index (χ0) is 19.2. The van der Waals surface area contributed by atoms with E-state index in [9.17, 15) is 40.2 Å². The van der Waals surface area contributed by atoms with E-state index in [-0.39, 0.29) is 7.06 Å². The van der Waals surface area contributed by atoms with Crippen LogP contribution in [0.1, 0.15) is 0 Å². The van der Waals surface area contributed by atoms with E-state index in [4.69, 9.17) is 20.1 Å². The Hall–Kier alpha value is 0.299. The first kappa shape index (κ1) is 24.3. The molecule has 24 heavy (non-hydrogen) atoms. The van der Waals surface area contributed by atoms with Crippen molar-refractivity contribution < 1.29 is 60.3 Å². The third kappa shape index (κ3) is 6.55. The molecule has 0 aromatic rings. The van der Waals surface area contributed by atoms with E-state index in [0.29, 0.717) is 0 Å². The van der Waals surface area contributed by atoms with Gasteiger partial charge in [0.25, 0.3) is 46.9 Å². The predicted octanol–water partition coefficient (Wildman–Crippen LogP) is -11.8. The molecule has 0 aromatic carbocycles. The molecule has 0 saturated heterocycles. The molecule has 0 unspecified atom stereocenters. The predicted molar refractivity (Wildman–Crippen MR) is 98.5 cm³/mol. The Labute approximate surface area is 142 Å². The largest absolute Gasteiger partial charge is 0.465 e. The summed E-state index contributed by atoms with van der Waals surface area (Å²) in [5.74, 6) is 0. The van der Waals surface area contributed by atoms with Gasteiger partial charge in [-0.1, -0.05) is 0 Å². The van der Waals surface area contributed by atoms with Crippen LogP contribution in [-0.4, -0.2) is 142 Å². The van der Waals surface area contributed by atoms with Crippen LogP contribution < -0.4 is 0 Å². The first-order valence-corrected chi connectivity index (χ1v) is 7.06. The maximum absolute atomic E-state index is 9.68. The van der Waals surface area contributed by atoms with Crippen molar-refractivity contribution in [2.75, 3.05) is 0 Å². The molecular weight excluding hydrogens is 322 g/mol. The average Bonchev–Trinajstić information content (AvgIpc) is 2.56. The Morgan fingerprint density at radius 3 is 1.00 bits per heavy atom. The fourth-order valence-electron chi connectivity index (χ4n) is 1.92. The van der Waals surface area contributed by atoms with Gasteiger partial charge in [-0.15, -0.1) is 0 Å². The summed E-state index contributed by atoms with van der Waals surface area (Å²) in [4.78, 5) is 0. The van der Waals surface area contributed by atoms with Gasteiger partial charge in [-0.25, -0.2) is 0 Å². The Morgan fingerprint density at radius 1 is 0.417 bits per heavy atom. The zero-order valence-corrected chi connectivity index (χ0v) is 12.6. The molecule has 0 heterocycles. The second-order valence-electron chi connectivity index (χ2n) is 5.42. The van der Waals surface area contributed by atoms with Crippen molar-refractivity contribution in [1.29, 1.82) is 0 Å². The molecule has 0 aliphatic rings. The maximum atomic E-state index is 9.68. The van der Waals surface area contributed by atoms with Crippen LogP contribution in [0, 0.1) is 0 Å². The lowest BCUT2D eigenvalue weighted by Gasteiger charge is -2.23. The maximum Gasteiger partial charge on any atom is 0.432 e. The smallest absolute Gasteiger partial charge is 0.432 e. The van der Waals surface area contributed by atoms with Crippen LogP contribution in [0.5, 0.6) is 0 Å². The molecule has 0 aromatic heterocycles. The molecule has 0 aliphatic carbocycles. The van der Waals surface area contributed by atoms with Gasteiger partial charge in [0.15, 0.2) is 0 Å². The van der Waals surface area contributed by atoms with E-state index in [0.717, 1.165) is 0 Å². The highest BCUT2D eigenvalue weighted by molar-refractivity contribution is 7.85. The van der Waals surface area contributed by atoms with E-state index in [1.54, 1.807) is 0 Å². The third-order valence-corrected chi connectivity index (χ3v) is 3.57. The van der Waals surface area contributed by atoms with Crippen molar-refractivity contribution in [3.8, 4) is 0 Å². The van der Waals surface area contributed by atoms with Gasteiger partial charge in [0, 0.05) is 0 Å². The van der Waals surface area contributed by atoms with Gasteiger partial charge >= 0.3 is 13.7 Å². The fraction of sp³-hybridized carbons (Fsp3) is 0. The number of hydrogen-bond donors (Lipinski definition) is 12. The summed E-state index contributed by atoms with van der Waals surface area (Å²) in [6.07, 6.45) is 0. The Bertz CT molecular complexity index is 342. The van der Waals surface area contributed by atoms with Gasteiger partial charge < -0.3 is 60.3 Å². The van der Waals surface area contributed by atoms with Crippen molar-refractivity contribution in [3.63, 3.8) is 0 Å². The van der Waals surface area contributed by atoms with Gasteiger partial charge in [-0.05, 0) is 0 Å². The lowest BCUT2D eigenvalue weighted by molar-refractivity contribution is 0.419. The minimum atomic E-state index is -2.47. The van der Waals surface area contributed by atoms with Gasteiger partial charge in [-0.3, -0.25) is 0 Å². The van der Waals surface area contributed by atoms with Crippen molar-refractivity contribution in [2.45, 2.75) is 0 Å². The summed E-state index contributed by atoms with van der Waals surface area (Å²) in [6.45, 7) is -19.9. The lowest BCUT2D eigenvalue weighted by Crippen LogP contribution is -2.73. The Kier molecular flexibility index (Phi) is 11.2. The van der Waals surface area contributed by atoms with E-state index in [1.807, 2.05) is 0 Å². The van der Waals surface area contributed by atoms with E-state index in [1.165, 1.54) is 0 Å². The van der Waals surface area contributed by atoms with Crippen LogP contribution in [0.15, 0.2) is 0 Å². The van der Waals surface area contributed by atoms with Crippen LogP contribution in [-0.2, 0) is 0 Å². The van der Waals surface area contributed by atoms with Crippen LogP contribution in [0.3, 0.4) is 0 Å². The first-order chi connectivity index (χ1) is 11.0. The third-order valence-electron chi connectivity index (χ3n) is 3.57. The quantitative estimate of drug-likeness (QED) is 0.157. The summed E-state index contributed by atoms with van der Waals surface area (Å²) in [5, 5.41) is 112. The highest BCUT2D eigenvalue weighted by Crippen LogP contribution is 2.01. The molecule has 0 atom stereocenters. The molecule has 0 rings (SSSR count). The average molecular weight is 336 g/mol. The SMILES string of the molecule is OBBB(O)B(O)B(O)B(O)B(O)B(O)B(O)B(O)B(O)B(O)O. The van der Waals surface area contributed by atoms with Crippen molar-refractivity contribution in [1.82, 2.24) is 0 Å². The second-order valence-corrected chi connectivity index (χ2v) is 5.42. The molecular formula is H14B12O12. The molecule has 0 bridgehead atoms. The van der Waals surface area contributed by atoms with E-state index in [2.05, 4.69) is 0 Å². The minimum absolute atomic E-state index is 0.356. The zero-order valence-electron chi connectivity index (χ0n) is 12.6. The number of hydrogen-bond acceptors (Lipinski definition) is 12. The molecule has 0 amide bonds. The molecule has 12 nitrogen and oxygen atoms in total. The van der Waals surface area contributed by atoms with E-state index < -0.39 is 74.7 Å². The van der Waals surface area contributed by atoms with Crippen molar-refractivity contribution in [3.05, 3.63) is 0 Å². The summed E-state index contributed by atoms with van der Waals surface area (Å²) in [6, 6.07) is 0. The topological polar surface area (TPSA) is 243 Å². The molecule has 24 heteroatoms. The molecule has 122 valence electrons. The second kappa shape index (κ2) is 11.1. The van der Waals surface area contributed by atoms with Crippen LogP contribution in [0.25, 0.3) is 0 Å². The monoisotopic (exact) mass is 338 g/mol. The molecule has 0 aliphatic heterocycles. The summed E-state index contributed by atoms with van der Waals surface area (Å²) >= 11 is 0. The van der Waals surface area contributed by atoms with Crippen LogP contribution in [0.4, 0.5) is 0 Å². The van der Waals surface area contributed by atoms with Gasteiger partial charge in [0.2, 0.25) is 14.1 Å². The summed E-state index contributed by atoms with van der Waals surface area (Å²) in [7, 11) is -3.37. The minimum Gasteiger partial charge on any atom is -0.465 e. The normalized spacial score (nSPS) is 9.67.